The molecule has 0 aliphatic rings. The molecule has 4 N–H and O–H groups in total. The molecule has 0 aromatic heterocycles. The van der Waals surface area contributed by atoms with Gasteiger partial charge < -0.3 is 10.4 Å². The number of para-hydroxylation sites is 1. The van der Waals surface area contributed by atoms with Gasteiger partial charge in [-0.2, -0.15) is 0 Å². The lowest BCUT2D eigenvalue weighted by atomic mass is 10.2. The van der Waals surface area contributed by atoms with E-state index in [1.165, 1.54) is 24.3 Å². The Hall–Kier alpha value is -2.45. The molecule has 1 amide bonds. The van der Waals surface area contributed by atoms with Gasteiger partial charge in [0.1, 0.15) is 16.5 Å². The van der Waals surface area contributed by atoms with E-state index in [1.54, 1.807) is 0 Å². The first-order chi connectivity index (χ1) is 9.79. The summed E-state index contributed by atoms with van der Waals surface area (Å²) in [5.41, 5.74) is -0.394. The Labute approximate surface area is 120 Å². The van der Waals surface area contributed by atoms with E-state index in [0.717, 1.165) is 18.2 Å². The van der Waals surface area contributed by atoms with Crippen LogP contribution in [0.25, 0.3) is 0 Å². The van der Waals surface area contributed by atoms with E-state index in [-0.39, 0.29) is 21.9 Å². The van der Waals surface area contributed by atoms with Gasteiger partial charge in [-0.25, -0.2) is 17.9 Å². The molecule has 2 aromatic rings. The Bertz CT molecular complexity index is 806. The molecule has 0 radical (unpaired) electrons. The van der Waals surface area contributed by atoms with Crippen molar-refractivity contribution in [3.63, 3.8) is 0 Å². The molecular formula is C13H11FN2O4S. The number of phenolic OH excluding ortho intramolecular Hbond substituents is 1. The zero-order chi connectivity index (χ0) is 15.6. The maximum atomic E-state index is 13.6. The maximum Gasteiger partial charge on any atom is 0.258 e. The van der Waals surface area contributed by atoms with Gasteiger partial charge in [-0.15, -0.1) is 0 Å². The molecule has 0 saturated heterocycles. The van der Waals surface area contributed by atoms with Crippen LogP contribution in [0, 0.1) is 5.82 Å². The van der Waals surface area contributed by atoms with Crippen molar-refractivity contribution >= 4 is 21.6 Å². The van der Waals surface area contributed by atoms with E-state index < -0.39 is 21.7 Å². The molecule has 110 valence electrons. The molecule has 21 heavy (non-hydrogen) atoms. The number of sulfonamides is 1. The standard InChI is InChI=1S/C13H11FN2O4S/c14-10-7-8(17)5-6-9(10)13(18)16-11-3-1-2-4-12(11)21(15,19)20/h1-7,17H,(H,16,18)(H2,15,19,20). The Morgan fingerprint density at radius 2 is 1.86 bits per heavy atom. The van der Waals surface area contributed by atoms with Crippen molar-refractivity contribution in [2.24, 2.45) is 5.14 Å². The van der Waals surface area contributed by atoms with E-state index in [4.69, 9.17) is 10.2 Å². The fourth-order valence-corrected chi connectivity index (χ4v) is 2.39. The molecule has 0 aliphatic carbocycles. The highest BCUT2D eigenvalue weighted by molar-refractivity contribution is 7.89. The second-order valence-electron chi connectivity index (χ2n) is 4.16. The van der Waals surface area contributed by atoms with Crippen LogP contribution in [0.2, 0.25) is 0 Å². The minimum atomic E-state index is -4.03. The molecule has 0 spiro atoms. The summed E-state index contributed by atoms with van der Waals surface area (Å²) in [6.07, 6.45) is 0. The molecule has 0 saturated carbocycles. The summed E-state index contributed by atoms with van der Waals surface area (Å²) in [7, 11) is -4.03. The zero-order valence-electron chi connectivity index (χ0n) is 10.6. The molecule has 0 heterocycles. The minimum Gasteiger partial charge on any atom is -0.508 e. The van der Waals surface area contributed by atoms with Crippen LogP contribution in [0.15, 0.2) is 47.4 Å². The third-order valence-electron chi connectivity index (χ3n) is 2.64. The largest absolute Gasteiger partial charge is 0.508 e. The van der Waals surface area contributed by atoms with Gasteiger partial charge in [-0.3, -0.25) is 4.79 Å². The van der Waals surface area contributed by atoms with Crippen molar-refractivity contribution in [3.8, 4) is 5.75 Å². The van der Waals surface area contributed by atoms with Crippen LogP contribution in [0.5, 0.6) is 5.75 Å². The van der Waals surface area contributed by atoms with Gasteiger partial charge in [0.25, 0.3) is 5.91 Å². The van der Waals surface area contributed by atoms with Crippen LogP contribution in [0.1, 0.15) is 10.4 Å². The van der Waals surface area contributed by atoms with Crippen molar-refractivity contribution < 1.29 is 22.7 Å². The number of anilines is 1. The van der Waals surface area contributed by atoms with Gasteiger partial charge >= 0.3 is 0 Å². The number of primary sulfonamides is 1. The topological polar surface area (TPSA) is 109 Å². The van der Waals surface area contributed by atoms with Crippen LogP contribution in [0.3, 0.4) is 0 Å². The lowest BCUT2D eigenvalue weighted by Crippen LogP contribution is -2.19. The number of carbonyl (C=O) groups excluding carboxylic acids is 1. The van der Waals surface area contributed by atoms with Gasteiger partial charge in [-0.05, 0) is 24.3 Å². The lowest BCUT2D eigenvalue weighted by molar-refractivity contribution is 0.102. The van der Waals surface area contributed by atoms with Crippen LogP contribution >= 0.6 is 0 Å². The van der Waals surface area contributed by atoms with Crippen LogP contribution in [-0.4, -0.2) is 19.4 Å². The quantitative estimate of drug-likeness (QED) is 0.796. The smallest absolute Gasteiger partial charge is 0.258 e. The number of nitrogens with one attached hydrogen (secondary N) is 1. The lowest BCUT2D eigenvalue weighted by Gasteiger charge is -2.10. The minimum absolute atomic E-state index is 0.0579. The first-order valence-electron chi connectivity index (χ1n) is 5.71. The van der Waals surface area contributed by atoms with E-state index in [9.17, 15) is 17.6 Å². The van der Waals surface area contributed by atoms with Gasteiger partial charge in [0, 0.05) is 6.07 Å². The monoisotopic (exact) mass is 310 g/mol. The number of aromatic hydroxyl groups is 1. The van der Waals surface area contributed by atoms with E-state index >= 15 is 0 Å². The van der Waals surface area contributed by atoms with Crippen molar-refractivity contribution in [3.05, 3.63) is 53.8 Å². The van der Waals surface area contributed by atoms with Crippen LogP contribution in [-0.2, 0) is 10.0 Å². The van der Waals surface area contributed by atoms with Gasteiger partial charge in [0.2, 0.25) is 10.0 Å². The van der Waals surface area contributed by atoms with Gasteiger partial charge in [0.15, 0.2) is 0 Å². The average molecular weight is 310 g/mol. The Morgan fingerprint density at radius 3 is 2.48 bits per heavy atom. The van der Waals surface area contributed by atoms with Crippen LogP contribution in [0.4, 0.5) is 10.1 Å². The first kappa shape index (κ1) is 14.9. The summed E-state index contributed by atoms with van der Waals surface area (Å²) in [6, 6.07) is 8.49. The fourth-order valence-electron chi connectivity index (χ4n) is 1.70. The zero-order valence-corrected chi connectivity index (χ0v) is 11.4. The van der Waals surface area contributed by atoms with Crippen molar-refractivity contribution in [2.45, 2.75) is 4.90 Å². The number of nitrogens with two attached hydrogens (primary N) is 1. The molecule has 2 rings (SSSR count). The van der Waals surface area contributed by atoms with Crippen LogP contribution < -0.4 is 10.5 Å². The molecule has 2 aromatic carbocycles. The highest BCUT2D eigenvalue weighted by Crippen LogP contribution is 2.21. The number of phenols is 1. The second-order valence-corrected chi connectivity index (χ2v) is 5.69. The molecule has 0 fully saturated rings. The number of hydrogen-bond acceptors (Lipinski definition) is 4. The molecule has 6 nitrogen and oxygen atoms in total. The summed E-state index contributed by atoms with van der Waals surface area (Å²) in [5, 5.41) is 16.4. The summed E-state index contributed by atoms with van der Waals surface area (Å²) < 4.78 is 36.4. The van der Waals surface area contributed by atoms with Gasteiger partial charge in [-0.1, -0.05) is 12.1 Å². The third kappa shape index (κ3) is 3.36. The molecule has 0 aliphatic heterocycles. The third-order valence-corrected chi connectivity index (χ3v) is 3.61. The summed E-state index contributed by atoms with van der Waals surface area (Å²) in [5.74, 6) is -2.11. The van der Waals surface area contributed by atoms with Gasteiger partial charge in [0.05, 0.1) is 11.3 Å². The average Bonchev–Trinajstić information content (AvgIpc) is 2.37. The highest BCUT2D eigenvalue weighted by atomic mass is 32.2. The molecule has 0 bridgehead atoms. The number of halogens is 1. The van der Waals surface area contributed by atoms with Crippen molar-refractivity contribution in [1.29, 1.82) is 0 Å². The SMILES string of the molecule is NS(=O)(=O)c1ccccc1NC(=O)c1ccc(O)cc1F. The summed E-state index contributed by atoms with van der Waals surface area (Å²) in [4.78, 5) is 11.7. The molecule has 0 atom stereocenters. The number of benzene rings is 2. The molecule has 8 heteroatoms. The molecular weight excluding hydrogens is 299 g/mol. The first-order valence-corrected chi connectivity index (χ1v) is 7.25. The summed E-state index contributed by atoms with van der Waals surface area (Å²) >= 11 is 0. The maximum absolute atomic E-state index is 13.6. The highest BCUT2D eigenvalue weighted by Gasteiger charge is 2.17. The van der Waals surface area contributed by atoms with Crippen molar-refractivity contribution in [1.82, 2.24) is 0 Å². The van der Waals surface area contributed by atoms with E-state index in [0.29, 0.717) is 0 Å². The van der Waals surface area contributed by atoms with E-state index in [1.807, 2.05) is 0 Å². The number of hydrogen-bond donors (Lipinski definition) is 3. The Kier molecular flexibility index (Phi) is 3.92. The fraction of sp³-hybridized carbons (Fsp3) is 0. The van der Waals surface area contributed by atoms with Crippen molar-refractivity contribution in [2.75, 3.05) is 5.32 Å². The normalized spacial score (nSPS) is 11.1. The predicted molar refractivity (Wildman–Crippen MR) is 73.8 cm³/mol. The number of carbonyl (C=O) groups is 1. The number of amides is 1. The van der Waals surface area contributed by atoms with E-state index in [2.05, 4.69) is 5.32 Å². The second kappa shape index (κ2) is 5.51. The molecule has 0 unspecified atom stereocenters. The Morgan fingerprint density at radius 1 is 1.19 bits per heavy atom. The summed E-state index contributed by atoms with van der Waals surface area (Å²) in [6.45, 7) is 0. The predicted octanol–water partition coefficient (Wildman–Crippen LogP) is 1.43. The number of rotatable bonds is 3. The Balaban J connectivity index is 2.37.